The predicted molar refractivity (Wildman–Crippen MR) is 135 cm³/mol. The minimum Gasteiger partial charge on any atom is -0.469 e. The second kappa shape index (κ2) is 10.3. The summed E-state index contributed by atoms with van der Waals surface area (Å²) < 4.78 is 4.69. The van der Waals surface area contributed by atoms with E-state index in [9.17, 15) is 19.8 Å². The molecular formula is C29H49NO5. The van der Waals surface area contributed by atoms with Gasteiger partial charge < -0.3 is 19.8 Å². The van der Waals surface area contributed by atoms with E-state index in [1.54, 1.807) is 11.9 Å². The molecule has 2 N–H and O–H groups in total. The number of ether oxygens (including phenoxy) is 1. The van der Waals surface area contributed by atoms with Gasteiger partial charge >= 0.3 is 5.97 Å². The fourth-order valence-electron chi connectivity index (χ4n) is 9.40. The summed E-state index contributed by atoms with van der Waals surface area (Å²) in [6, 6.07) is 0. The normalized spacial score (nSPS) is 43.5. The maximum atomic E-state index is 12.7. The van der Waals surface area contributed by atoms with E-state index in [0.29, 0.717) is 48.5 Å². The molecule has 10 unspecified atom stereocenters. The first kappa shape index (κ1) is 26.9. The first-order chi connectivity index (χ1) is 16.5. The molecular weight excluding hydrogens is 442 g/mol. The van der Waals surface area contributed by atoms with Crippen LogP contribution in [0.3, 0.4) is 0 Å². The molecule has 1 amide bonds. The average Bonchev–Trinajstić information content (AvgIpc) is 3.18. The number of rotatable bonds is 7. The van der Waals surface area contributed by atoms with Gasteiger partial charge in [0.2, 0.25) is 5.91 Å². The largest absolute Gasteiger partial charge is 0.469 e. The highest BCUT2D eigenvalue weighted by atomic mass is 16.5. The molecule has 200 valence electrons. The Morgan fingerprint density at radius 1 is 1.00 bits per heavy atom. The molecule has 0 aromatic rings. The van der Waals surface area contributed by atoms with Crippen molar-refractivity contribution in [1.29, 1.82) is 0 Å². The molecule has 4 aliphatic rings. The molecule has 0 aromatic heterocycles. The fourth-order valence-corrected chi connectivity index (χ4v) is 9.40. The summed E-state index contributed by atoms with van der Waals surface area (Å²) in [7, 11) is 3.14. The molecule has 0 heterocycles. The fraction of sp³-hybridized carbons (Fsp3) is 0.931. The number of esters is 1. The lowest BCUT2D eigenvalue weighted by molar-refractivity contribution is -0.174. The highest BCUT2D eigenvalue weighted by Crippen LogP contribution is 2.68. The first-order valence-electron chi connectivity index (χ1n) is 14.2. The van der Waals surface area contributed by atoms with Crippen LogP contribution in [0.15, 0.2) is 0 Å². The Morgan fingerprint density at radius 2 is 1.69 bits per heavy atom. The molecule has 4 saturated carbocycles. The molecule has 0 bridgehead atoms. The topological polar surface area (TPSA) is 87.1 Å². The highest BCUT2D eigenvalue weighted by molar-refractivity contribution is 5.77. The number of amides is 1. The quantitative estimate of drug-likeness (QED) is 0.515. The van der Waals surface area contributed by atoms with E-state index in [-0.39, 0.29) is 41.3 Å². The van der Waals surface area contributed by atoms with Crippen LogP contribution in [0, 0.1) is 46.3 Å². The Bertz CT molecular complexity index is 787. The van der Waals surface area contributed by atoms with Crippen LogP contribution in [-0.2, 0) is 14.3 Å². The molecule has 6 heteroatoms. The number of hydrogen-bond acceptors (Lipinski definition) is 5. The van der Waals surface area contributed by atoms with Crippen LogP contribution in [0.1, 0.15) is 91.4 Å². The van der Waals surface area contributed by atoms with Gasteiger partial charge in [-0.2, -0.15) is 0 Å². The molecule has 0 radical (unpaired) electrons. The Hall–Kier alpha value is -1.14. The summed E-state index contributed by atoms with van der Waals surface area (Å²) in [5, 5.41) is 21.7. The van der Waals surface area contributed by atoms with Crippen molar-refractivity contribution in [1.82, 2.24) is 4.90 Å². The Kier molecular flexibility index (Phi) is 7.93. The summed E-state index contributed by atoms with van der Waals surface area (Å²) in [5.74, 6) is 2.84. The number of fused-ring (bicyclic) bond motifs is 5. The SMILES string of the molecule is COC(=O)CCN(C)C(=O)CCC(C)C1CCC2C3C(O)CC4CC(O)CCC4(C)C3CCC12C. The highest BCUT2D eigenvalue weighted by Gasteiger charge is 2.62. The van der Waals surface area contributed by atoms with Gasteiger partial charge in [-0.25, -0.2) is 0 Å². The third-order valence-corrected chi connectivity index (χ3v) is 11.5. The van der Waals surface area contributed by atoms with Gasteiger partial charge in [-0.15, -0.1) is 0 Å². The lowest BCUT2D eigenvalue weighted by Gasteiger charge is -2.62. The van der Waals surface area contributed by atoms with E-state index in [4.69, 9.17) is 0 Å². The van der Waals surface area contributed by atoms with Crippen LogP contribution in [0.25, 0.3) is 0 Å². The van der Waals surface area contributed by atoms with E-state index >= 15 is 0 Å². The van der Waals surface area contributed by atoms with Crippen LogP contribution in [-0.4, -0.2) is 59.9 Å². The van der Waals surface area contributed by atoms with Crippen LogP contribution in [0.4, 0.5) is 0 Å². The summed E-state index contributed by atoms with van der Waals surface area (Å²) in [6.07, 6.45) is 9.73. The monoisotopic (exact) mass is 491 g/mol. The third kappa shape index (κ3) is 4.91. The van der Waals surface area contributed by atoms with E-state index in [1.165, 1.54) is 32.8 Å². The Morgan fingerprint density at radius 3 is 2.40 bits per heavy atom. The molecule has 4 rings (SSSR count). The molecule has 4 aliphatic carbocycles. The smallest absolute Gasteiger partial charge is 0.307 e. The molecule has 0 saturated heterocycles. The number of carbonyl (C=O) groups is 2. The maximum absolute atomic E-state index is 12.7. The van der Waals surface area contributed by atoms with Crippen molar-refractivity contribution in [3.8, 4) is 0 Å². The van der Waals surface area contributed by atoms with Crippen molar-refractivity contribution >= 4 is 11.9 Å². The molecule has 6 nitrogen and oxygen atoms in total. The van der Waals surface area contributed by atoms with Crippen molar-refractivity contribution in [2.75, 3.05) is 20.7 Å². The molecule has 0 spiro atoms. The zero-order chi connectivity index (χ0) is 25.5. The van der Waals surface area contributed by atoms with E-state index < -0.39 is 0 Å². The zero-order valence-electron chi connectivity index (χ0n) is 22.7. The zero-order valence-corrected chi connectivity index (χ0v) is 22.7. The summed E-state index contributed by atoms with van der Waals surface area (Å²) in [4.78, 5) is 25.7. The maximum Gasteiger partial charge on any atom is 0.307 e. The lowest BCUT2D eigenvalue weighted by atomic mass is 9.43. The minimum atomic E-state index is -0.284. The van der Waals surface area contributed by atoms with Crippen molar-refractivity contribution in [2.24, 2.45) is 46.3 Å². The van der Waals surface area contributed by atoms with Crippen LogP contribution in [0.5, 0.6) is 0 Å². The van der Waals surface area contributed by atoms with E-state index in [0.717, 1.165) is 32.1 Å². The Labute approximate surface area is 212 Å². The van der Waals surface area contributed by atoms with Gasteiger partial charge in [-0.3, -0.25) is 9.59 Å². The lowest BCUT2D eigenvalue weighted by Crippen LogP contribution is -2.58. The first-order valence-corrected chi connectivity index (χ1v) is 14.2. The van der Waals surface area contributed by atoms with Gasteiger partial charge in [-0.05, 0) is 104 Å². The number of aliphatic hydroxyl groups excluding tert-OH is 2. The summed E-state index contributed by atoms with van der Waals surface area (Å²) in [6.45, 7) is 7.68. The van der Waals surface area contributed by atoms with Gasteiger partial charge in [0.1, 0.15) is 0 Å². The molecule has 4 fully saturated rings. The summed E-state index contributed by atoms with van der Waals surface area (Å²) >= 11 is 0. The number of hydrogen-bond donors (Lipinski definition) is 2. The van der Waals surface area contributed by atoms with Gasteiger partial charge in [0.05, 0.1) is 25.7 Å². The number of methoxy groups -OCH3 is 1. The number of nitrogens with zero attached hydrogens (tertiary/aromatic N) is 1. The van der Waals surface area contributed by atoms with Gasteiger partial charge in [0, 0.05) is 20.0 Å². The summed E-state index contributed by atoms with van der Waals surface area (Å²) in [5.41, 5.74) is 0.494. The molecule has 35 heavy (non-hydrogen) atoms. The van der Waals surface area contributed by atoms with Crippen molar-refractivity contribution in [3.63, 3.8) is 0 Å². The third-order valence-electron chi connectivity index (χ3n) is 11.5. The molecule has 10 atom stereocenters. The average molecular weight is 492 g/mol. The van der Waals surface area contributed by atoms with Crippen LogP contribution < -0.4 is 0 Å². The van der Waals surface area contributed by atoms with Crippen LogP contribution >= 0.6 is 0 Å². The van der Waals surface area contributed by atoms with Crippen LogP contribution in [0.2, 0.25) is 0 Å². The standard InChI is InChI=1S/C29H49NO5/c1-18(6-9-25(33)30(4)15-12-26(34)35-5)21-7-8-22-27-23(11-14-29(21,22)3)28(2)13-10-20(31)16-19(28)17-24(27)32/h18-24,27,31-32H,6-17H2,1-5H3. The van der Waals surface area contributed by atoms with Crippen molar-refractivity contribution < 1.29 is 24.5 Å². The number of aliphatic hydroxyl groups is 2. The second-order valence-corrected chi connectivity index (χ2v) is 13.1. The Balaban J connectivity index is 1.39. The van der Waals surface area contributed by atoms with E-state index in [1.807, 2.05) is 0 Å². The molecule has 0 aromatic carbocycles. The van der Waals surface area contributed by atoms with Gasteiger partial charge in [0.25, 0.3) is 0 Å². The number of carbonyl (C=O) groups excluding carboxylic acids is 2. The van der Waals surface area contributed by atoms with E-state index in [2.05, 4.69) is 25.5 Å². The predicted octanol–water partition coefficient (Wildman–Crippen LogP) is 4.41. The molecule has 0 aliphatic heterocycles. The van der Waals surface area contributed by atoms with Gasteiger partial charge in [-0.1, -0.05) is 20.8 Å². The van der Waals surface area contributed by atoms with Crippen molar-refractivity contribution in [3.05, 3.63) is 0 Å². The van der Waals surface area contributed by atoms with Gasteiger partial charge in [0.15, 0.2) is 0 Å². The second-order valence-electron chi connectivity index (χ2n) is 13.1. The minimum absolute atomic E-state index is 0.102. The van der Waals surface area contributed by atoms with Crippen molar-refractivity contribution in [2.45, 2.75) is 104 Å².